The lowest BCUT2D eigenvalue weighted by Gasteiger charge is -2.16. The van der Waals surface area contributed by atoms with Gasteiger partial charge in [0.15, 0.2) is 0 Å². The Labute approximate surface area is 178 Å². The number of methoxy groups -OCH3 is 1. The number of ether oxygens (including phenoxy) is 1. The third-order valence-electron chi connectivity index (χ3n) is 4.10. The molecule has 2 aromatic carbocycles. The van der Waals surface area contributed by atoms with Crippen LogP contribution in [0.1, 0.15) is 21.5 Å². The van der Waals surface area contributed by atoms with Crippen molar-refractivity contribution >= 4 is 54.7 Å². The summed E-state index contributed by atoms with van der Waals surface area (Å²) in [5.74, 6) is 1.06. The maximum absolute atomic E-state index is 12.6. The first-order valence-electron chi connectivity index (χ1n) is 8.12. The van der Waals surface area contributed by atoms with Crippen molar-refractivity contribution in [3.05, 3.63) is 53.1 Å². The lowest BCUT2D eigenvalue weighted by atomic mass is 10.1. The molecular formula is C19H27Cl2N3O2S. The highest BCUT2D eigenvalue weighted by atomic mass is 35.5. The van der Waals surface area contributed by atoms with Gasteiger partial charge in [-0.1, -0.05) is 12.1 Å². The molecule has 150 valence electrons. The highest BCUT2D eigenvalue weighted by Gasteiger charge is 2.12. The molecule has 1 atom stereocenters. The van der Waals surface area contributed by atoms with Gasteiger partial charge in [-0.15, -0.1) is 24.8 Å². The minimum atomic E-state index is -0.169. The molecule has 0 radical (unpaired) electrons. The minimum Gasteiger partial charge on any atom is -0.495 e. The van der Waals surface area contributed by atoms with Gasteiger partial charge in [-0.05, 0) is 49.2 Å². The van der Waals surface area contributed by atoms with Crippen LogP contribution in [0, 0.1) is 13.8 Å². The third kappa shape index (κ3) is 6.81. The van der Waals surface area contributed by atoms with Crippen LogP contribution in [-0.2, 0) is 0 Å². The number of carbonyl (C=O) groups is 1. The van der Waals surface area contributed by atoms with Gasteiger partial charge in [0, 0.05) is 29.6 Å². The average Bonchev–Trinajstić information content (AvgIpc) is 2.63. The van der Waals surface area contributed by atoms with Crippen molar-refractivity contribution in [3.8, 4) is 5.75 Å². The number of aryl methyl sites for hydroxylation is 1. The Hall–Kier alpha value is -1.60. The first-order valence-corrected chi connectivity index (χ1v) is 8.75. The van der Waals surface area contributed by atoms with Crippen molar-refractivity contribution in [3.63, 3.8) is 0 Å². The Morgan fingerprint density at radius 2 is 1.89 bits per heavy atom. The summed E-state index contributed by atoms with van der Waals surface area (Å²) in [5, 5.41) is 6.18. The van der Waals surface area contributed by atoms with E-state index in [0.29, 0.717) is 23.6 Å². The predicted octanol–water partition coefficient (Wildman–Crippen LogP) is 4.08. The summed E-state index contributed by atoms with van der Waals surface area (Å²) in [6.45, 7) is 4.55. The summed E-state index contributed by atoms with van der Waals surface area (Å²) >= 11 is 4.18. The molecule has 0 saturated heterocycles. The number of thiol groups is 1. The molecule has 0 saturated carbocycles. The van der Waals surface area contributed by atoms with E-state index in [1.165, 1.54) is 0 Å². The summed E-state index contributed by atoms with van der Waals surface area (Å²) in [6.07, 6.45) is 0. The van der Waals surface area contributed by atoms with Gasteiger partial charge in [0.05, 0.1) is 12.8 Å². The molecule has 0 aliphatic rings. The molecule has 0 unspecified atom stereocenters. The highest BCUT2D eigenvalue weighted by molar-refractivity contribution is 7.80. The number of rotatable bonds is 7. The van der Waals surface area contributed by atoms with Crippen LogP contribution >= 0.6 is 37.4 Å². The van der Waals surface area contributed by atoms with Crippen molar-refractivity contribution < 1.29 is 9.53 Å². The molecule has 0 heterocycles. The topological polar surface area (TPSA) is 76.4 Å². The molecule has 2 rings (SSSR count). The zero-order valence-corrected chi connectivity index (χ0v) is 18.1. The van der Waals surface area contributed by atoms with E-state index in [1.54, 1.807) is 25.3 Å². The second-order valence-corrected chi connectivity index (χ2v) is 6.31. The van der Waals surface area contributed by atoms with Crippen LogP contribution in [0.3, 0.4) is 0 Å². The van der Waals surface area contributed by atoms with Gasteiger partial charge in [0.2, 0.25) is 0 Å². The lowest BCUT2D eigenvalue weighted by Crippen LogP contribution is -2.30. The fourth-order valence-electron chi connectivity index (χ4n) is 2.37. The molecule has 5 nitrogen and oxygen atoms in total. The smallest absolute Gasteiger partial charge is 0.255 e. The second-order valence-electron chi connectivity index (χ2n) is 5.94. The summed E-state index contributed by atoms with van der Waals surface area (Å²) < 4.78 is 5.35. The van der Waals surface area contributed by atoms with E-state index in [9.17, 15) is 4.79 Å². The highest BCUT2D eigenvalue weighted by Crippen LogP contribution is 2.26. The van der Waals surface area contributed by atoms with Gasteiger partial charge in [0.25, 0.3) is 5.91 Å². The van der Waals surface area contributed by atoms with Crippen molar-refractivity contribution in [1.29, 1.82) is 0 Å². The van der Waals surface area contributed by atoms with Crippen molar-refractivity contribution in [2.75, 3.05) is 30.0 Å². The average molecular weight is 432 g/mol. The van der Waals surface area contributed by atoms with Crippen LogP contribution < -0.4 is 21.1 Å². The van der Waals surface area contributed by atoms with Crippen LogP contribution in [0.4, 0.5) is 11.4 Å². The molecular weight excluding hydrogens is 405 g/mol. The van der Waals surface area contributed by atoms with E-state index in [0.717, 1.165) is 22.5 Å². The molecule has 4 N–H and O–H groups in total. The first kappa shape index (κ1) is 25.4. The van der Waals surface area contributed by atoms with E-state index < -0.39 is 0 Å². The molecule has 0 aliphatic carbocycles. The van der Waals surface area contributed by atoms with E-state index >= 15 is 0 Å². The van der Waals surface area contributed by atoms with E-state index in [4.69, 9.17) is 10.5 Å². The monoisotopic (exact) mass is 431 g/mol. The molecule has 8 heteroatoms. The van der Waals surface area contributed by atoms with Crippen molar-refractivity contribution in [1.82, 2.24) is 0 Å². The van der Waals surface area contributed by atoms with E-state index in [1.807, 2.05) is 32.0 Å². The SMILES string of the molecule is COc1ccc(C(=O)Nc2cccc(C)c2C)cc1NC[C@@H](N)CS.Cl.Cl. The van der Waals surface area contributed by atoms with Crippen molar-refractivity contribution in [2.24, 2.45) is 5.73 Å². The van der Waals surface area contributed by atoms with Crippen LogP contribution in [0.5, 0.6) is 5.75 Å². The largest absolute Gasteiger partial charge is 0.495 e. The van der Waals surface area contributed by atoms with Gasteiger partial charge < -0.3 is 21.1 Å². The van der Waals surface area contributed by atoms with Gasteiger partial charge in [-0.2, -0.15) is 12.6 Å². The maximum Gasteiger partial charge on any atom is 0.255 e. The van der Waals surface area contributed by atoms with E-state index in [-0.39, 0.29) is 36.8 Å². The quantitative estimate of drug-likeness (QED) is 0.498. The molecule has 0 fully saturated rings. The number of benzene rings is 2. The molecule has 1 amide bonds. The second kappa shape index (κ2) is 12.0. The fraction of sp³-hybridized carbons (Fsp3) is 0.316. The molecule has 2 aromatic rings. The Bertz CT molecular complexity index is 760. The summed E-state index contributed by atoms with van der Waals surface area (Å²) in [5.41, 5.74) is 10.2. The van der Waals surface area contributed by atoms with Gasteiger partial charge >= 0.3 is 0 Å². The van der Waals surface area contributed by atoms with Gasteiger partial charge in [0.1, 0.15) is 5.75 Å². The summed E-state index contributed by atoms with van der Waals surface area (Å²) in [4.78, 5) is 12.6. The number of nitrogens with one attached hydrogen (secondary N) is 2. The molecule has 27 heavy (non-hydrogen) atoms. The molecule has 0 bridgehead atoms. The van der Waals surface area contributed by atoms with Crippen LogP contribution in [-0.4, -0.2) is 31.4 Å². The molecule has 0 aliphatic heterocycles. The van der Waals surface area contributed by atoms with Crippen molar-refractivity contribution in [2.45, 2.75) is 19.9 Å². The zero-order chi connectivity index (χ0) is 18.4. The molecule has 0 aromatic heterocycles. The third-order valence-corrected chi connectivity index (χ3v) is 4.57. The van der Waals surface area contributed by atoms with Gasteiger partial charge in [-0.25, -0.2) is 0 Å². The number of halogens is 2. The van der Waals surface area contributed by atoms with Gasteiger partial charge in [-0.3, -0.25) is 4.79 Å². The predicted molar refractivity (Wildman–Crippen MR) is 122 cm³/mol. The standard InChI is InChI=1S/C19H25N3O2S.2ClH/c1-12-5-4-6-16(13(12)2)22-19(23)14-7-8-18(24-3)17(9-14)21-10-15(20)11-25;;/h4-9,15,21,25H,10-11,20H2,1-3H3,(H,22,23);2*1H/t15-;;/m1../s1. The number of hydrogen-bond acceptors (Lipinski definition) is 5. The Morgan fingerprint density at radius 1 is 1.19 bits per heavy atom. The Morgan fingerprint density at radius 3 is 2.52 bits per heavy atom. The number of nitrogens with two attached hydrogens (primary N) is 1. The summed E-state index contributed by atoms with van der Waals surface area (Å²) in [6, 6.07) is 11.0. The lowest BCUT2D eigenvalue weighted by molar-refractivity contribution is 0.102. The Kier molecular flexibility index (Phi) is 11.3. The number of carbonyl (C=O) groups excluding carboxylic acids is 1. The first-order chi connectivity index (χ1) is 12.0. The number of hydrogen-bond donors (Lipinski definition) is 4. The maximum atomic E-state index is 12.6. The van der Waals surface area contributed by atoms with E-state index in [2.05, 4.69) is 23.3 Å². The normalized spacial score (nSPS) is 10.9. The fourth-order valence-corrected chi connectivity index (χ4v) is 2.50. The number of anilines is 2. The van der Waals surface area contributed by atoms with Crippen LogP contribution in [0.2, 0.25) is 0 Å². The molecule has 0 spiro atoms. The zero-order valence-electron chi connectivity index (χ0n) is 15.6. The van der Waals surface area contributed by atoms with Crippen LogP contribution in [0.25, 0.3) is 0 Å². The Balaban J connectivity index is 0.00000338. The number of amides is 1. The summed E-state index contributed by atoms with van der Waals surface area (Å²) in [7, 11) is 1.59. The minimum absolute atomic E-state index is 0. The van der Waals surface area contributed by atoms with Crippen LogP contribution in [0.15, 0.2) is 36.4 Å².